The number of ether oxygens (including phenoxy) is 1. The Labute approximate surface area is 436 Å². The number of aliphatic hydroxyl groups is 1. The van der Waals surface area contributed by atoms with Crippen LogP contribution in [0.2, 0.25) is 0 Å². The molecule has 1 unspecified atom stereocenters. The lowest BCUT2D eigenvalue weighted by atomic mass is 10.0. The molecule has 0 radical (unpaired) electrons. The number of unbranched alkanes of at least 4 members (excludes halogenated alkanes) is 2. The summed E-state index contributed by atoms with van der Waals surface area (Å²) in [5, 5.41) is 26.1. The van der Waals surface area contributed by atoms with Crippen molar-refractivity contribution in [1.82, 2.24) is 36.1 Å². The van der Waals surface area contributed by atoms with E-state index in [1.165, 1.54) is 29.4 Å². The third kappa shape index (κ3) is 18.4. The summed E-state index contributed by atoms with van der Waals surface area (Å²) in [6.45, 7) is 9.27. The summed E-state index contributed by atoms with van der Waals surface area (Å²) in [4.78, 5) is 114. The molecule has 2 aliphatic heterocycles. The van der Waals surface area contributed by atoms with Crippen molar-refractivity contribution in [2.75, 3.05) is 36.8 Å². The average molecular weight is 1040 g/mol. The van der Waals surface area contributed by atoms with Gasteiger partial charge in [-0.2, -0.15) is 0 Å². The van der Waals surface area contributed by atoms with Crippen LogP contribution in [-0.2, 0) is 41.9 Å². The summed E-state index contributed by atoms with van der Waals surface area (Å²) in [6, 6.07) is 10.4. The van der Waals surface area contributed by atoms with Crippen molar-refractivity contribution in [2.24, 2.45) is 22.4 Å². The number of urea groups is 1. The average Bonchev–Trinajstić information content (AvgIpc) is 3.59. The first-order chi connectivity index (χ1) is 35.9. The van der Waals surface area contributed by atoms with E-state index in [1.54, 1.807) is 68.5 Å². The minimum atomic E-state index is -1.06. The van der Waals surface area contributed by atoms with Gasteiger partial charge in [0.05, 0.1) is 17.6 Å². The number of nitrogens with two attached hydrogens (primary N) is 2. The zero-order valence-corrected chi connectivity index (χ0v) is 43.0. The van der Waals surface area contributed by atoms with E-state index >= 15 is 0 Å². The van der Waals surface area contributed by atoms with Crippen LogP contribution in [0.15, 0.2) is 83.6 Å². The molecule has 0 aliphatic carbocycles. The number of anilines is 2. The molecule has 3 heterocycles. The zero-order valence-electron chi connectivity index (χ0n) is 43.0. The number of nitrogens with one attached hydrogen (secondary N) is 6. The van der Waals surface area contributed by atoms with Crippen LogP contribution >= 0.6 is 0 Å². The van der Waals surface area contributed by atoms with Gasteiger partial charge >= 0.3 is 12.1 Å². The van der Waals surface area contributed by atoms with Crippen LogP contribution in [0.25, 0.3) is 6.08 Å². The van der Waals surface area contributed by atoms with Crippen molar-refractivity contribution in [3.05, 3.63) is 101 Å². The minimum absolute atomic E-state index is 0.0323. The maximum absolute atomic E-state index is 13.6. The van der Waals surface area contributed by atoms with Crippen LogP contribution in [0.4, 0.5) is 26.7 Å². The lowest BCUT2D eigenvalue weighted by Crippen LogP contribution is -2.54. The second-order valence-corrected chi connectivity index (χ2v) is 18.6. The molecule has 2 aliphatic rings. The molecule has 402 valence electrons. The fraction of sp³-hybridized carbons (Fsp3) is 0.434. The Bertz CT molecular complexity index is 2610. The quantitative estimate of drug-likeness (QED) is 0.0478. The van der Waals surface area contributed by atoms with Crippen molar-refractivity contribution < 1.29 is 48.2 Å². The highest BCUT2D eigenvalue weighted by Crippen LogP contribution is 2.29. The van der Waals surface area contributed by atoms with Crippen molar-refractivity contribution in [3.8, 4) is 0 Å². The van der Waals surface area contributed by atoms with E-state index < -0.39 is 48.2 Å². The van der Waals surface area contributed by atoms with Gasteiger partial charge in [0.15, 0.2) is 0 Å². The van der Waals surface area contributed by atoms with Crippen molar-refractivity contribution in [3.63, 3.8) is 0 Å². The zero-order chi connectivity index (χ0) is 54.4. The Morgan fingerprint density at radius 1 is 0.867 bits per heavy atom. The molecule has 0 saturated carbocycles. The van der Waals surface area contributed by atoms with Gasteiger partial charge in [0.25, 0.3) is 5.91 Å². The molecule has 22 heteroatoms. The van der Waals surface area contributed by atoms with Gasteiger partial charge < -0.3 is 63.0 Å². The van der Waals surface area contributed by atoms with Gasteiger partial charge in [-0.15, -0.1) is 0 Å². The number of carbonyl (C=O) groups excluding carboxylic acids is 8. The minimum Gasteiger partial charge on any atom is -0.445 e. The van der Waals surface area contributed by atoms with Gasteiger partial charge in [-0.05, 0) is 98.1 Å². The van der Waals surface area contributed by atoms with E-state index in [9.17, 15) is 43.5 Å². The molecular formula is C53H70N12O10. The van der Waals surface area contributed by atoms with E-state index in [0.717, 1.165) is 12.8 Å². The number of benzene rings is 2. The first kappa shape index (κ1) is 57.8. The van der Waals surface area contributed by atoms with Crippen molar-refractivity contribution in [2.45, 2.75) is 117 Å². The van der Waals surface area contributed by atoms with Crippen molar-refractivity contribution in [1.29, 1.82) is 0 Å². The molecule has 0 saturated heterocycles. The highest BCUT2D eigenvalue weighted by atomic mass is 16.5. The molecule has 22 nitrogen and oxygen atoms in total. The summed E-state index contributed by atoms with van der Waals surface area (Å²) >= 11 is 0. The van der Waals surface area contributed by atoms with Gasteiger partial charge in [0, 0.05) is 80.2 Å². The molecule has 0 fully saturated rings. The number of aromatic nitrogens is 1. The second-order valence-electron chi connectivity index (χ2n) is 18.6. The number of hydrogen-bond donors (Lipinski definition) is 9. The maximum atomic E-state index is 13.6. The Morgan fingerprint density at radius 3 is 2.29 bits per heavy atom. The Morgan fingerprint density at radius 2 is 1.61 bits per heavy atom. The van der Waals surface area contributed by atoms with Gasteiger partial charge in [-0.3, -0.25) is 33.8 Å². The third-order valence-electron chi connectivity index (χ3n) is 12.1. The SMILES string of the molecule is CCCN(CCC)C(=O)C1=Cc2ccc(C(=O)Nc3cncc(CNC(=O)OCc4ccc(NC(=O)[C@H](CCCNC(N)=O)NC(=O)[C@@H](NC(=O)CCCCCN5C(=O)C=CC5O)C(C)C)cc4)c3)cc2N=C(N)C1. The van der Waals surface area contributed by atoms with Crippen LogP contribution in [0.1, 0.15) is 113 Å². The van der Waals surface area contributed by atoms with Crippen LogP contribution in [0.5, 0.6) is 0 Å². The molecule has 75 heavy (non-hydrogen) atoms. The number of fused-ring (bicyclic) bond motifs is 1. The van der Waals surface area contributed by atoms with Gasteiger partial charge in [0.2, 0.25) is 29.5 Å². The molecule has 1 aromatic heterocycles. The number of nitrogens with zero attached hydrogens (tertiary/aromatic N) is 4. The summed E-state index contributed by atoms with van der Waals surface area (Å²) < 4.78 is 5.41. The topological polar surface area (TPSA) is 322 Å². The van der Waals surface area contributed by atoms with Gasteiger partial charge in [0.1, 0.15) is 30.8 Å². The summed E-state index contributed by atoms with van der Waals surface area (Å²) in [7, 11) is 0. The van der Waals surface area contributed by atoms with Crippen molar-refractivity contribution >= 4 is 76.5 Å². The van der Waals surface area contributed by atoms with E-state index in [0.29, 0.717) is 90.2 Å². The van der Waals surface area contributed by atoms with Crippen LogP contribution in [0.3, 0.4) is 0 Å². The van der Waals surface area contributed by atoms with Crippen LogP contribution in [-0.4, -0.2) is 118 Å². The number of aliphatic hydroxyl groups excluding tert-OH is 1. The number of rotatable bonds is 27. The van der Waals surface area contributed by atoms with E-state index in [1.807, 2.05) is 18.7 Å². The molecule has 0 bridgehead atoms. The molecule has 0 spiro atoms. The van der Waals surface area contributed by atoms with Crippen LogP contribution in [0, 0.1) is 5.92 Å². The fourth-order valence-corrected chi connectivity index (χ4v) is 8.18. The standard InChI is InChI=1S/C53H70N12O10/c1-5-22-64(23-6-2)51(72)38-26-36-15-16-37(27-42(36)61-43(54)28-38)48(69)60-40-25-35(29-56-31-40)30-58-53(74)75-32-34-13-17-39(18-14-34)59-49(70)41(11-10-21-57-52(55)73)62-50(71)47(33(3)4)63-44(66)12-8-7-9-24-65-45(67)19-20-46(65)68/h13-20,25-27,29,31,33,41,45,47,67H,5-12,21-24,28,30,32H2,1-4H3,(H2,54,61)(H,58,74)(H,59,70)(H,60,69)(H,62,71)(H,63,66)(H3,55,57,73)/t41-,45?,47-/m0/s1. The number of primary amides is 1. The lowest BCUT2D eigenvalue weighted by molar-refractivity contribution is -0.132. The monoisotopic (exact) mass is 1030 g/mol. The summed E-state index contributed by atoms with van der Waals surface area (Å²) in [5.74, 6) is -2.32. The summed E-state index contributed by atoms with van der Waals surface area (Å²) in [5.41, 5.74) is 15.4. The predicted molar refractivity (Wildman–Crippen MR) is 283 cm³/mol. The Balaban J connectivity index is 1.09. The first-order valence-electron chi connectivity index (χ1n) is 25.3. The Hall–Kier alpha value is -8.14. The number of hydrogen-bond acceptors (Lipinski definition) is 13. The normalized spacial score (nSPS) is 14.6. The number of pyridine rings is 1. The number of alkyl carbamates (subject to hydrolysis) is 1. The van der Waals surface area contributed by atoms with E-state index in [-0.39, 0.29) is 68.4 Å². The summed E-state index contributed by atoms with van der Waals surface area (Å²) in [6.07, 6.45) is 9.93. The molecule has 3 aromatic rings. The maximum Gasteiger partial charge on any atom is 0.407 e. The number of amidine groups is 1. The molecule has 9 amide bonds. The molecule has 5 rings (SSSR count). The molecular weight excluding hydrogens is 965 g/mol. The number of aliphatic imine (C=N–C) groups is 1. The highest BCUT2D eigenvalue weighted by molar-refractivity contribution is 6.08. The molecule has 11 N–H and O–H groups in total. The number of amides is 9. The second kappa shape index (κ2) is 28.9. The number of carbonyl (C=O) groups is 8. The molecule has 2 aromatic carbocycles. The fourth-order valence-electron chi connectivity index (χ4n) is 8.18. The smallest absolute Gasteiger partial charge is 0.407 e. The predicted octanol–water partition coefficient (Wildman–Crippen LogP) is 4.47. The third-order valence-corrected chi connectivity index (χ3v) is 12.1. The van der Waals surface area contributed by atoms with E-state index in [4.69, 9.17) is 16.2 Å². The van der Waals surface area contributed by atoms with Gasteiger partial charge in [-0.25, -0.2) is 14.6 Å². The first-order valence-corrected chi connectivity index (χ1v) is 25.3. The highest BCUT2D eigenvalue weighted by Gasteiger charge is 2.29. The lowest BCUT2D eigenvalue weighted by Gasteiger charge is -2.25. The van der Waals surface area contributed by atoms with Crippen LogP contribution < -0.4 is 43.4 Å². The van der Waals surface area contributed by atoms with E-state index in [2.05, 4.69) is 41.9 Å². The Kier molecular flexibility index (Phi) is 22.3. The largest absolute Gasteiger partial charge is 0.445 e. The molecule has 3 atom stereocenters. The van der Waals surface area contributed by atoms with Gasteiger partial charge in [-0.1, -0.05) is 52.3 Å².